The molecule has 1 N–H and O–H groups in total. The molecule has 0 atom stereocenters. The van der Waals surface area contributed by atoms with Crippen molar-refractivity contribution in [1.82, 2.24) is 15.0 Å². The Balaban J connectivity index is 0.000000239. The topological polar surface area (TPSA) is 76.0 Å². The van der Waals surface area contributed by atoms with Crippen LogP contribution in [0.4, 0.5) is 4.39 Å². The predicted octanol–water partition coefficient (Wildman–Crippen LogP) is 4.32. The van der Waals surface area contributed by atoms with Crippen molar-refractivity contribution in [2.24, 2.45) is 0 Å². The standard InChI is InChI=1S/C15H10FN2.C6H5NO2.Pt/c1-10-15(11-6-8-12(16)9-7-11)18-14-5-3-2-4-13(14)17-10;8-6(9)5-3-1-2-4-7-5;/h2-6,8-9H,1H3;1-4H,(H,8,9);/q-1;;. The number of hydrogen-bond donors (Lipinski definition) is 1. The summed E-state index contributed by atoms with van der Waals surface area (Å²) in [7, 11) is 0. The van der Waals surface area contributed by atoms with Crippen molar-refractivity contribution in [3.63, 3.8) is 0 Å². The van der Waals surface area contributed by atoms with E-state index in [1.807, 2.05) is 31.2 Å². The quantitative estimate of drug-likeness (QED) is 0.373. The molecular formula is C21H15FN3O2Pt-. The van der Waals surface area contributed by atoms with E-state index in [1.54, 1.807) is 18.2 Å². The summed E-state index contributed by atoms with van der Waals surface area (Å²) >= 11 is 0. The van der Waals surface area contributed by atoms with E-state index in [4.69, 9.17) is 5.11 Å². The third-order valence-electron chi connectivity index (χ3n) is 3.66. The largest absolute Gasteiger partial charge is 0.477 e. The summed E-state index contributed by atoms with van der Waals surface area (Å²) in [6.45, 7) is 1.89. The van der Waals surface area contributed by atoms with Crippen LogP contribution in [-0.4, -0.2) is 26.0 Å². The Labute approximate surface area is 175 Å². The van der Waals surface area contributed by atoms with Gasteiger partial charge in [0.2, 0.25) is 0 Å². The van der Waals surface area contributed by atoms with Crippen molar-refractivity contribution in [2.45, 2.75) is 6.92 Å². The molecule has 7 heteroatoms. The van der Waals surface area contributed by atoms with E-state index in [0.29, 0.717) is 0 Å². The fourth-order valence-corrected chi connectivity index (χ4v) is 2.39. The van der Waals surface area contributed by atoms with E-state index >= 15 is 0 Å². The van der Waals surface area contributed by atoms with Crippen LogP contribution in [0.15, 0.2) is 66.9 Å². The van der Waals surface area contributed by atoms with Gasteiger partial charge in [0.25, 0.3) is 0 Å². The number of nitrogens with zero attached hydrogens (tertiary/aromatic N) is 3. The molecule has 4 aromatic rings. The van der Waals surface area contributed by atoms with E-state index in [9.17, 15) is 9.18 Å². The molecule has 0 spiro atoms. The zero-order chi connectivity index (χ0) is 19.2. The molecular weight excluding hydrogens is 540 g/mol. The number of hydrogen-bond acceptors (Lipinski definition) is 4. The number of carboxylic acids is 1. The molecule has 5 nitrogen and oxygen atoms in total. The fourth-order valence-electron chi connectivity index (χ4n) is 2.39. The van der Waals surface area contributed by atoms with Crippen LogP contribution in [0.2, 0.25) is 0 Å². The van der Waals surface area contributed by atoms with Crippen LogP contribution in [0.3, 0.4) is 0 Å². The first-order valence-corrected chi connectivity index (χ1v) is 8.10. The third-order valence-corrected chi connectivity index (χ3v) is 3.66. The Morgan fingerprint density at radius 3 is 2.21 bits per heavy atom. The molecule has 4 rings (SSSR count). The molecule has 0 fully saturated rings. The number of rotatable bonds is 2. The van der Waals surface area contributed by atoms with Gasteiger partial charge in [0, 0.05) is 44.5 Å². The van der Waals surface area contributed by atoms with Crippen LogP contribution in [0.5, 0.6) is 0 Å². The van der Waals surface area contributed by atoms with Crippen LogP contribution in [-0.2, 0) is 21.1 Å². The third kappa shape index (κ3) is 5.27. The first-order valence-electron chi connectivity index (χ1n) is 8.10. The SMILES string of the molecule is Cc1nc2ccccc2nc1-c1[c-]cc(F)cc1.O=C(O)c1ccccn1.[Pt]. The van der Waals surface area contributed by atoms with E-state index in [-0.39, 0.29) is 32.6 Å². The van der Waals surface area contributed by atoms with E-state index < -0.39 is 5.97 Å². The van der Waals surface area contributed by atoms with Crippen molar-refractivity contribution in [3.05, 3.63) is 90.1 Å². The molecule has 28 heavy (non-hydrogen) atoms. The second-order valence-corrected chi connectivity index (χ2v) is 5.59. The number of fused-ring (bicyclic) bond motifs is 1. The van der Waals surface area contributed by atoms with Crippen LogP contribution < -0.4 is 0 Å². The van der Waals surface area contributed by atoms with Crippen LogP contribution in [0.1, 0.15) is 16.2 Å². The Morgan fingerprint density at radius 1 is 1.00 bits per heavy atom. The molecule has 0 aliphatic carbocycles. The minimum atomic E-state index is -0.990. The zero-order valence-electron chi connectivity index (χ0n) is 14.7. The molecule has 0 radical (unpaired) electrons. The van der Waals surface area contributed by atoms with Gasteiger partial charge >= 0.3 is 5.97 Å². The molecule has 0 bridgehead atoms. The summed E-state index contributed by atoms with van der Waals surface area (Å²) in [6.07, 6.45) is 1.45. The number of aryl methyl sites for hydroxylation is 1. The molecule has 0 saturated heterocycles. The number of aromatic carboxylic acids is 1. The molecule has 2 aromatic carbocycles. The van der Waals surface area contributed by atoms with Gasteiger partial charge in [-0.1, -0.05) is 18.2 Å². The van der Waals surface area contributed by atoms with Gasteiger partial charge in [0.1, 0.15) is 5.69 Å². The van der Waals surface area contributed by atoms with Crippen molar-refractivity contribution in [3.8, 4) is 11.3 Å². The maximum atomic E-state index is 12.9. The average molecular weight is 555 g/mol. The van der Waals surface area contributed by atoms with Gasteiger partial charge in [0.15, 0.2) is 0 Å². The molecule has 0 aliphatic heterocycles. The van der Waals surface area contributed by atoms with E-state index in [0.717, 1.165) is 28.0 Å². The zero-order valence-corrected chi connectivity index (χ0v) is 17.0. The first kappa shape index (κ1) is 21.3. The van der Waals surface area contributed by atoms with Gasteiger partial charge in [-0.15, -0.1) is 29.8 Å². The Hall–Kier alpha value is -2.98. The van der Waals surface area contributed by atoms with Gasteiger partial charge < -0.3 is 5.11 Å². The molecule has 0 aliphatic rings. The summed E-state index contributed by atoms with van der Waals surface area (Å²) in [4.78, 5) is 22.8. The summed E-state index contributed by atoms with van der Waals surface area (Å²) in [5.74, 6) is -1.29. The van der Waals surface area contributed by atoms with E-state index in [2.05, 4.69) is 21.0 Å². The molecule has 2 heterocycles. The Morgan fingerprint density at radius 2 is 1.68 bits per heavy atom. The first-order chi connectivity index (χ1) is 13.0. The second-order valence-electron chi connectivity index (χ2n) is 5.59. The number of carbonyl (C=O) groups is 1. The Kier molecular flexibility index (Phi) is 7.47. The summed E-state index contributed by atoms with van der Waals surface area (Å²) in [5.41, 5.74) is 4.09. The number of benzene rings is 2. The summed E-state index contributed by atoms with van der Waals surface area (Å²) in [5, 5.41) is 8.32. The number of halogens is 1. The normalized spacial score (nSPS) is 9.79. The average Bonchev–Trinajstić information content (AvgIpc) is 2.69. The summed E-state index contributed by atoms with van der Waals surface area (Å²) in [6, 6.07) is 19.7. The molecule has 144 valence electrons. The maximum Gasteiger partial charge on any atom is 0.354 e. The molecule has 0 saturated carbocycles. The van der Waals surface area contributed by atoms with Gasteiger partial charge in [-0.25, -0.2) is 9.78 Å². The van der Waals surface area contributed by atoms with Crippen molar-refractivity contribution in [1.29, 1.82) is 0 Å². The van der Waals surface area contributed by atoms with Crippen LogP contribution in [0.25, 0.3) is 22.3 Å². The minimum absolute atomic E-state index is 0. The van der Waals surface area contributed by atoms with Crippen LogP contribution >= 0.6 is 0 Å². The van der Waals surface area contributed by atoms with Gasteiger partial charge in [-0.05, 0) is 31.2 Å². The maximum absolute atomic E-state index is 12.9. The smallest absolute Gasteiger partial charge is 0.354 e. The van der Waals surface area contributed by atoms with Gasteiger partial charge in [0.05, 0.1) is 11.0 Å². The predicted molar refractivity (Wildman–Crippen MR) is 99.7 cm³/mol. The fraction of sp³-hybridized carbons (Fsp3) is 0.0476. The van der Waals surface area contributed by atoms with Gasteiger partial charge in [-0.2, -0.15) is 0 Å². The monoisotopic (exact) mass is 555 g/mol. The minimum Gasteiger partial charge on any atom is -0.477 e. The van der Waals surface area contributed by atoms with Gasteiger partial charge in [-0.3, -0.25) is 14.4 Å². The van der Waals surface area contributed by atoms with E-state index in [1.165, 1.54) is 24.4 Å². The van der Waals surface area contributed by atoms with Crippen molar-refractivity contribution >= 4 is 17.0 Å². The number of pyridine rings is 1. The number of aromatic nitrogens is 3. The second kappa shape index (κ2) is 9.81. The van der Waals surface area contributed by atoms with Crippen molar-refractivity contribution < 1.29 is 35.4 Å². The van der Waals surface area contributed by atoms with Crippen LogP contribution in [0, 0.1) is 18.8 Å². The molecule has 2 aromatic heterocycles. The molecule has 0 amide bonds. The summed E-state index contributed by atoms with van der Waals surface area (Å²) < 4.78 is 12.9. The molecule has 0 unspecified atom stereocenters. The van der Waals surface area contributed by atoms with Crippen molar-refractivity contribution in [2.75, 3.05) is 0 Å². The Bertz CT molecular complexity index is 1070. The number of para-hydroxylation sites is 2. The number of carboxylic acid groups (broad SMARTS) is 1.